The maximum atomic E-state index is 11.7. The van der Waals surface area contributed by atoms with Crippen molar-refractivity contribution < 1.29 is 19.8 Å². The molecule has 0 unspecified atom stereocenters. The number of carbonyl (C=O) groups is 2. The van der Waals surface area contributed by atoms with Crippen LogP contribution in [0.25, 0.3) is 0 Å². The summed E-state index contributed by atoms with van der Waals surface area (Å²) in [5.74, 6) is -1.96. The van der Waals surface area contributed by atoms with Crippen LogP contribution in [-0.2, 0) is 22.4 Å². The molecule has 0 bridgehead atoms. The Hall–Kier alpha value is -1.34. The summed E-state index contributed by atoms with van der Waals surface area (Å²) in [6.45, 7) is 3.27. The highest BCUT2D eigenvalue weighted by Crippen LogP contribution is 2.26. The first kappa shape index (κ1) is 24.7. The molecule has 3 rings (SSSR count). The SMILES string of the molecule is Cl.Cl.O=C(O)[C@@H](Cc1cccc(C[C@H](C(=O)O)[C@H]2CCNC2)c1)[C@H]1CCNC1. The van der Waals surface area contributed by atoms with E-state index in [9.17, 15) is 19.8 Å². The summed E-state index contributed by atoms with van der Waals surface area (Å²) < 4.78 is 0. The summed E-state index contributed by atoms with van der Waals surface area (Å²) in [6, 6.07) is 7.82. The van der Waals surface area contributed by atoms with Gasteiger partial charge in [0.05, 0.1) is 11.8 Å². The summed E-state index contributed by atoms with van der Waals surface area (Å²) in [7, 11) is 0. The van der Waals surface area contributed by atoms with Crippen LogP contribution < -0.4 is 10.6 Å². The van der Waals surface area contributed by atoms with Crippen molar-refractivity contribution in [3.05, 3.63) is 35.4 Å². The van der Waals surface area contributed by atoms with E-state index in [1.807, 2.05) is 24.3 Å². The molecule has 0 radical (unpaired) electrons. The first-order valence-corrected chi connectivity index (χ1v) is 9.49. The van der Waals surface area contributed by atoms with Gasteiger partial charge in [0.25, 0.3) is 0 Å². The molecule has 1 aromatic carbocycles. The number of nitrogens with one attached hydrogen (secondary N) is 2. The molecule has 0 aliphatic carbocycles. The molecule has 0 aromatic heterocycles. The van der Waals surface area contributed by atoms with Gasteiger partial charge in [-0.25, -0.2) is 0 Å². The Morgan fingerprint density at radius 3 is 1.64 bits per heavy atom. The van der Waals surface area contributed by atoms with Gasteiger partial charge in [-0.2, -0.15) is 0 Å². The fourth-order valence-corrected chi connectivity index (χ4v) is 4.34. The van der Waals surface area contributed by atoms with Crippen molar-refractivity contribution in [2.45, 2.75) is 25.7 Å². The van der Waals surface area contributed by atoms with Crippen LogP contribution >= 0.6 is 24.8 Å². The van der Waals surface area contributed by atoms with Gasteiger partial charge in [0.15, 0.2) is 0 Å². The molecule has 0 spiro atoms. The molecule has 4 N–H and O–H groups in total. The van der Waals surface area contributed by atoms with Crippen molar-refractivity contribution in [3.8, 4) is 0 Å². The summed E-state index contributed by atoms with van der Waals surface area (Å²) in [4.78, 5) is 23.4. The lowest BCUT2D eigenvalue weighted by molar-refractivity contribution is -0.144. The third-order valence-corrected chi connectivity index (χ3v) is 5.87. The minimum absolute atomic E-state index is 0. The lowest BCUT2D eigenvalue weighted by Gasteiger charge is -2.21. The highest BCUT2D eigenvalue weighted by Gasteiger charge is 2.32. The first-order chi connectivity index (χ1) is 12.5. The van der Waals surface area contributed by atoms with Gasteiger partial charge < -0.3 is 20.8 Å². The van der Waals surface area contributed by atoms with Crippen molar-refractivity contribution >= 4 is 36.8 Å². The van der Waals surface area contributed by atoms with Gasteiger partial charge in [0, 0.05) is 0 Å². The first-order valence-electron chi connectivity index (χ1n) is 9.49. The number of rotatable bonds is 8. The second-order valence-electron chi connectivity index (χ2n) is 7.62. The number of carboxylic acids is 2. The fraction of sp³-hybridized carbons (Fsp3) is 0.600. The summed E-state index contributed by atoms with van der Waals surface area (Å²) >= 11 is 0. The zero-order chi connectivity index (χ0) is 18.5. The van der Waals surface area contributed by atoms with Gasteiger partial charge in [-0.05, 0) is 74.8 Å². The molecule has 2 saturated heterocycles. The van der Waals surface area contributed by atoms with Crippen LogP contribution in [0, 0.1) is 23.7 Å². The van der Waals surface area contributed by atoms with Crippen LogP contribution in [0.1, 0.15) is 24.0 Å². The Morgan fingerprint density at radius 1 is 0.893 bits per heavy atom. The highest BCUT2D eigenvalue weighted by molar-refractivity contribution is 5.85. The van der Waals surface area contributed by atoms with Gasteiger partial charge in [0.1, 0.15) is 0 Å². The number of carboxylic acid groups (broad SMARTS) is 2. The fourth-order valence-electron chi connectivity index (χ4n) is 4.34. The standard InChI is InChI=1S/C20H28N2O4.2ClH/c23-19(24)17(15-4-6-21-11-15)9-13-2-1-3-14(8-13)10-18(20(25)26)16-5-7-22-12-16;;/h1-3,8,15-18,21-22H,4-7,9-12H2,(H,23,24)(H,25,26);2*1H/t15-,16-,17-,18-;;/m0../s1. The maximum Gasteiger partial charge on any atom is 0.307 e. The van der Waals surface area contributed by atoms with Gasteiger partial charge in [-0.1, -0.05) is 24.3 Å². The smallest absolute Gasteiger partial charge is 0.307 e. The predicted octanol–water partition coefficient (Wildman–Crippen LogP) is 2.24. The summed E-state index contributed by atoms with van der Waals surface area (Å²) in [5, 5.41) is 25.7. The molecule has 0 amide bonds. The lowest BCUT2D eigenvalue weighted by atomic mass is 9.84. The van der Waals surface area contributed by atoms with E-state index in [-0.39, 0.29) is 36.6 Å². The molecule has 2 aliphatic rings. The Balaban J connectivity index is 0.00000196. The van der Waals surface area contributed by atoms with E-state index in [4.69, 9.17) is 0 Å². The van der Waals surface area contributed by atoms with Crippen molar-refractivity contribution in [2.24, 2.45) is 23.7 Å². The van der Waals surface area contributed by atoms with E-state index in [1.54, 1.807) is 0 Å². The van der Waals surface area contributed by atoms with Crippen molar-refractivity contribution in [3.63, 3.8) is 0 Å². The number of hydrogen-bond donors (Lipinski definition) is 4. The molecule has 28 heavy (non-hydrogen) atoms. The van der Waals surface area contributed by atoms with Gasteiger partial charge in [0.2, 0.25) is 0 Å². The van der Waals surface area contributed by atoms with Crippen molar-refractivity contribution in [1.29, 1.82) is 0 Å². The Morgan fingerprint density at radius 2 is 1.32 bits per heavy atom. The molecule has 2 aliphatic heterocycles. The third kappa shape index (κ3) is 6.34. The molecule has 6 nitrogen and oxygen atoms in total. The van der Waals surface area contributed by atoms with Gasteiger partial charge >= 0.3 is 11.9 Å². The summed E-state index contributed by atoms with van der Waals surface area (Å²) in [5.41, 5.74) is 1.96. The molecule has 4 atom stereocenters. The van der Waals surface area contributed by atoms with Crippen LogP contribution in [0.15, 0.2) is 24.3 Å². The highest BCUT2D eigenvalue weighted by atomic mass is 35.5. The van der Waals surface area contributed by atoms with E-state index >= 15 is 0 Å². The maximum absolute atomic E-state index is 11.7. The number of halogens is 2. The zero-order valence-corrected chi connectivity index (χ0v) is 17.4. The minimum Gasteiger partial charge on any atom is -0.481 e. The number of benzene rings is 1. The molecule has 8 heteroatoms. The quantitative estimate of drug-likeness (QED) is 0.502. The summed E-state index contributed by atoms with van der Waals surface area (Å²) in [6.07, 6.45) is 2.79. The second-order valence-corrected chi connectivity index (χ2v) is 7.62. The van der Waals surface area contributed by atoms with Gasteiger partial charge in [-0.15, -0.1) is 24.8 Å². The van der Waals surface area contributed by atoms with Crippen LogP contribution in [0.4, 0.5) is 0 Å². The molecule has 2 heterocycles. The monoisotopic (exact) mass is 432 g/mol. The van der Waals surface area contributed by atoms with Crippen LogP contribution in [0.2, 0.25) is 0 Å². The van der Waals surface area contributed by atoms with E-state index in [2.05, 4.69) is 10.6 Å². The topological polar surface area (TPSA) is 98.7 Å². The lowest BCUT2D eigenvalue weighted by Crippen LogP contribution is -2.28. The van der Waals surface area contributed by atoms with E-state index < -0.39 is 23.8 Å². The average Bonchev–Trinajstić information content (AvgIpc) is 3.31. The van der Waals surface area contributed by atoms with Crippen LogP contribution in [-0.4, -0.2) is 48.3 Å². The zero-order valence-electron chi connectivity index (χ0n) is 15.8. The second kappa shape index (κ2) is 11.6. The molecule has 2 fully saturated rings. The van der Waals surface area contributed by atoms with E-state index in [0.29, 0.717) is 12.8 Å². The van der Waals surface area contributed by atoms with E-state index in [0.717, 1.165) is 50.1 Å². The largest absolute Gasteiger partial charge is 0.481 e. The number of aliphatic carboxylic acids is 2. The van der Waals surface area contributed by atoms with Crippen molar-refractivity contribution in [2.75, 3.05) is 26.2 Å². The molecule has 0 saturated carbocycles. The van der Waals surface area contributed by atoms with Crippen molar-refractivity contribution in [1.82, 2.24) is 10.6 Å². The predicted molar refractivity (Wildman–Crippen MR) is 113 cm³/mol. The normalized spacial score (nSPS) is 23.3. The molecule has 1 aromatic rings. The third-order valence-electron chi connectivity index (χ3n) is 5.87. The average molecular weight is 433 g/mol. The minimum atomic E-state index is -0.746. The Labute approximate surface area is 178 Å². The molecular formula is C20H30Cl2N2O4. The van der Waals surface area contributed by atoms with Crippen LogP contribution in [0.3, 0.4) is 0 Å². The molecular weight excluding hydrogens is 403 g/mol. The number of hydrogen-bond acceptors (Lipinski definition) is 4. The Bertz CT molecular complexity index is 596. The van der Waals surface area contributed by atoms with E-state index in [1.165, 1.54) is 0 Å². The van der Waals surface area contributed by atoms with Gasteiger partial charge in [-0.3, -0.25) is 9.59 Å². The van der Waals surface area contributed by atoms with Crippen LogP contribution in [0.5, 0.6) is 0 Å². The molecule has 158 valence electrons. The Kier molecular flexibility index (Phi) is 10.2.